The van der Waals surface area contributed by atoms with Gasteiger partial charge in [0.05, 0.1) is 31.4 Å². The molecule has 0 unspecified atom stereocenters. The number of benzene rings is 1. The first kappa shape index (κ1) is 20.7. The summed E-state index contributed by atoms with van der Waals surface area (Å²) in [5.41, 5.74) is 4.56. The van der Waals surface area contributed by atoms with E-state index in [9.17, 15) is 9.59 Å². The van der Waals surface area contributed by atoms with Crippen LogP contribution in [0.25, 0.3) is 16.5 Å². The number of hydrogen-bond acceptors (Lipinski definition) is 5. The van der Waals surface area contributed by atoms with E-state index in [0.29, 0.717) is 35.6 Å². The molecule has 160 valence electrons. The van der Waals surface area contributed by atoms with Crippen LogP contribution < -0.4 is 9.47 Å². The molecule has 7 heteroatoms. The Hall–Kier alpha value is -3.61. The summed E-state index contributed by atoms with van der Waals surface area (Å²) in [5.74, 6) is -0.317. The van der Waals surface area contributed by atoms with Gasteiger partial charge >= 0.3 is 0 Å². The van der Waals surface area contributed by atoms with Gasteiger partial charge in [-0.1, -0.05) is 35.9 Å². The number of pyridine rings is 1. The van der Waals surface area contributed by atoms with Crippen LogP contribution >= 0.6 is 0 Å². The highest BCUT2D eigenvalue weighted by Crippen LogP contribution is 2.34. The van der Waals surface area contributed by atoms with E-state index in [4.69, 9.17) is 9.47 Å². The van der Waals surface area contributed by atoms with Crippen molar-refractivity contribution in [1.82, 2.24) is 14.9 Å². The van der Waals surface area contributed by atoms with Crippen molar-refractivity contribution in [3.8, 4) is 11.6 Å². The number of carbonyl (C=O) groups is 2. The number of amides is 1. The number of aromatic amines is 1. The van der Waals surface area contributed by atoms with Crippen molar-refractivity contribution in [1.29, 1.82) is 0 Å². The normalized spacial score (nSPS) is 13.9. The van der Waals surface area contributed by atoms with Crippen LogP contribution in [0.15, 0.2) is 48.3 Å². The van der Waals surface area contributed by atoms with Gasteiger partial charge in [0.1, 0.15) is 11.3 Å². The predicted octanol–water partition coefficient (Wildman–Crippen LogP) is 3.86. The van der Waals surface area contributed by atoms with E-state index in [-0.39, 0.29) is 5.56 Å². The number of aromatic nitrogens is 2. The number of carbonyl (C=O) groups excluding carboxylic acids is 2. The maximum absolute atomic E-state index is 13.1. The number of allylic oxidation sites excluding steroid dienone is 1. The van der Waals surface area contributed by atoms with Gasteiger partial charge in [0, 0.05) is 19.3 Å². The molecular formula is C24H25N3O4. The number of hydrogen-bond donors (Lipinski definition) is 1. The Bertz CT molecular complexity index is 1150. The molecule has 1 amide bonds. The molecule has 1 aliphatic heterocycles. The third kappa shape index (κ3) is 3.79. The van der Waals surface area contributed by atoms with Crippen molar-refractivity contribution in [2.24, 2.45) is 0 Å². The maximum Gasteiger partial charge on any atom is 0.295 e. The fourth-order valence-corrected chi connectivity index (χ4v) is 4.09. The van der Waals surface area contributed by atoms with Crippen LogP contribution in [0.2, 0.25) is 0 Å². The number of nitrogens with zero attached hydrogens (tertiary/aromatic N) is 2. The van der Waals surface area contributed by atoms with Gasteiger partial charge in [0.25, 0.3) is 11.7 Å². The summed E-state index contributed by atoms with van der Waals surface area (Å²) in [7, 11) is 3.00. The van der Waals surface area contributed by atoms with Gasteiger partial charge in [-0.3, -0.25) is 9.59 Å². The number of Topliss-reactive ketones (excluding diaryl/α,β-unsaturated/α-hetero) is 1. The zero-order valence-corrected chi connectivity index (χ0v) is 17.9. The number of ether oxygens (including phenoxy) is 2. The van der Waals surface area contributed by atoms with E-state index >= 15 is 0 Å². The third-order valence-electron chi connectivity index (χ3n) is 5.88. The van der Waals surface area contributed by atoms with Crippen LogP contribution in [0, 0.1) is 0 Å². The van der Waals surface area contributed by atoms with Crippen LogP contribution in [0.1, 0.15) is 35.7 Å². The van der Waals surface area contributed by atoms with Gasteiger partial charge in [0.2, 0.25) is 5.88 Å². The number of H-pyrrole nitrogens is 1. The molecule has 0 aliphatic carbocycles. The van der Waals surface area contributed by atoms with Crippen molar-refractivity contribution in [3.63, 3.8) is 0 Å². The van der Waals surface area contributed by atoms with E-state index < -0.39 is 11.7 Å². The molecule has 0 saturated carbocycles. The van der Waals surface area contributed by atoms with Crippen LogP contribution in [0.3, 0.4) is 0 Å². The number of ketones is 1. The fraction of sp³-hybridized carbons (Fsp3) is 0.292. The molecule has 0 atom stereocenters. The van der Waals surface area contributed by atoms with Crippen LogP contribution in [0.5, 0.6) is 11.6 Å². The summed E-state index contributed by atoms with van der Waals surface area (Å²) in [6, 6.07) is 10.2. The monoisotopic (exact) mass is 419 g/mol. The second-order valence-corrected chi connectivity index (χ2v) is 7.50. The lowest BCUT2D eigenvalue weighted by atomic mass is 9.94. The van der Waals surface area contributed by atoms with Gasteiger partial charge in [-0.25, -0.2) is 4.98 Å². The van der Waals surface area contributed by atoms with Gasteiger partial charge < -0.3 is 19.4 Å². The number of fused-ring (bicyclic) bond motifs is 1. The highest BCUT2D eigenvalue weighted by molar-refractivity contribution is 6.45. The summed E-state index contributed by atoms with van der Waals surface area (Å²) in [4.78, 5) is 34.9. The molecule has 2 aromatic heterocycles. The van der Waals surface area contributed by atoms with Gasteiger partial charge in [0.15, 0.2) is 0 Å². The number of nitrogens with one attached hydrogen (secondary N) is 1. The van der Waals surface area contributed by atoms with E-state index in [1.165, 1.54) is 43.3 Å². The molecule has 3 heterocycles. The van der Waals surface area contributed by atoms with Crippen molar-refractivity contribution in [3.05, 3.63) is 59.4 Å². The van der Waals surface area contributed by atoms with Crippen LogP contribution in [-0.2, 0) is 4.79 Å². The number of likely N-dealkylation sites (tertiary alicyclic amines) is 1. The zero-order valence-electron chi connectivity index (χ0n) is 17.9. The molecule has 0 radical (unpaired) electrons. The Balaban J connectivity index is 1.54. The third-order valence-corrected chi connectivity index (χ3v) is 5.88. The minimum absolute atomic E-state index is 0.263. The predicted molar refractivity (Wildman–Crippen MR) is 118 cm³/mol. The van der Waals surface area contributed by atoms with Crippen molar-refractivity contribution < 1.29 is 19.1 Å². The van der Waals surface area contributed by atoms with E-state index in [2.05, 4.69) is 29.0 Å². The lowest BCUT2D eigenvalue weighted by Gasteiger charge is -2.29. The van der Waals surface area contributed by atoms with Crippen LogP contribution in [-0.4, -0.2) is 53.9 Å². The Morgan fingerprint density at radius 2 is 1.77 bits per heavy atom. The Kier molecular flexibility index (Phi) is 5.75. The Morgan fingerprint density at radius 1 is 1.06 bits per heavy atom. The average molecular weight is 419 g/mol. The molecule has 1 saturated heterocycles. The molecule has 1 aliphatic rings. The Morgan fingerprint density at radius 3 is 2.42 bits per heavy atom. The standard InChI is InChI=1S/C24H25N3O4/c1-15(16-7-5-4-6-8-16)17-9-11-27(12-10-17)24(29)22(28)18-13-25-21-20(18)19(30-2)14-26-23(21)31-3/h4-8,13-14,25H,9-12H2,1-3H3. The molecule has 1 fully saturated rings. The number of piperidine rings is 1. The lowest BCUT2D eigenvalue weighted by Crippen LogP contribution is -2.40. The molecule has 1 aromatic carbocycles. The second-order valence-electron chi connectivity index (χ2n) is 7.50. The topological polar surface area (TPSA) is 84.5 Å². The minimum Gasteiger partial charge on any atom is -0.494 e. The van der Waals surface area contributed by atoms with Crippen molar-refractivity contribution in [2.75, 3.05) is 27.3 Å². The fourth-order valence-electron chi connectivity index (χ4n) is 4.09. The van der Waals surface area contributed by atoms with Gasteiger partial charge in [-0.05, 0) is 30.9 Å². The first-order valence-electron chi connectivity index (χ1n) is 10.2. The van der Waals surface area contributed by atoms with Gasteiger partial charge in [-0.2, -0.15) is 0 Å². The van der Waals surface area contributed by atoms with Crippen molar-refractivity contribution >= 4 is 28.2 Å². The molecule has 3 aromatic rings. The maximum atomic E-state index is 13.1. The minimum atomic E-state index is -0.565. The second kappa shape index (κ2) is 8.63. The molecule has 4 rings (SSSR count). The van der Waals surface area contributed by atoms with Crippen molar-refractivity contribution in [2.45, 2.75) is 19.8 Å². The average Bonchev–Trinajstić information content (AvgIpc) is 3.28. The lowest BCUT2D eigenvalue weighted by molar-refractivity contribution is -0.126. The first-order valence-corrected chi connectivity index (χ1v) is 10.2. The van der Waals surface area contributed by atoms with Gasteiger partial charge in [-0.15, -0.1) is 0 Å². The first-order chi connectivity index (χ1) is 15.0. The summed E-state index contributed by atoms with van der Waals surface area (Å²) in [5, 5.41) is 0.505. The van der Waals surface area contributed by atoms with E-state index in [0.717, 1.165) is 12.8 Å². The summed E-state index contributed by atoms with van der Waals surface area (Å²) < 4.78 is 10.6. The number of rotatable bonds is 5. The SMILES string of the molecule is COc1ncc(OC)c2c(C(=O)C(=O)N3CCC(=C(C)c4ccccc4)CC3)c[nH]c12. The highest BCUT2D eigenvalue weighted by atomic mass is 16.5. The zero-order chi connectivity index (χ0) is 22.0. The van der Waals surface area contributed by atoms with Crippen LogP contribution in [0.4, 0.5) is 0 Å². The quantitative estimate of drug-likeness (QED) is 0.501. The molecule has 0 bridgehead atoms. The van der Waals surface area contributed by atoms with E-state index in [1.807, 2.05) is 18.2 Å². The molecular weight excluding hydrogens is 394 g/mol. The number of methoxy groups -OCH3 is 2. The molecule has 1 N–H and O–H groups in total. The summed E-state index contributed by atoms with van der Waals surface area (Å²) >= 11 is 0. The summed E-state index contributed by atoms with van der Waals surface area (Å²) in [6.07, 6.45) is 4.52. The van der Waals surface area contributed by atoms with E-state index in [1.54, 1.807) is 4.90 Å². The largest absolute Gasteiger partial charge is 0.494 e. The molecule has 31 heavy (non-hydrogen) atoms. The molecule has 7 nitrogen and oxygen atoms in total. The molecule has 0 spiro atoms. The Labute approximate surface area is 180 Å². The summed E-state index contributed by atoms with van der Waals surface area (Å²) in [6.45, 7) is 3.16. The smallest absolute Gasteiger partial charge is 0.295 e. The highest BCUT2D eigenvalue weighted by Gasteiger charge is 2.29.